The molecule has 0 aliphatic heterocycles. The van der Waals surface area contributed by atoms with E-state index >= 15 is 0 Å². The summed E-state index contributed by atoms with van der Waals surface area (Å²) in [5.41, 5.74) is 2.76. The van der Waals surface area contributed by atoms with Gasteiger partial charge in [0.1, 0.15) is 5.75 Å². The number of phenolic OH excluding ortho intramolecular Hbond substituents is 1. The molecule has 2 aromatic rings. The minimum absolute atomic E-state index is 0.117. The molecule has 0 aliphatic carbocycles. The summed E-state index contributed by atoms with van der Waals surface area (Å²) < 4.78 is 0. The van der Waals surface area contributed by atoms with Gasteiger partial charge in [0, 0.05) is 22.2 Å². The van der Waals surface area contributed by atoms with Crippen molar-refractivity contribution in [3.8, 4) is 16.9 Å². The van der Waals surface area contributed by atoms with Crippen LogP contribution >= 0.6 is 11.6 Å². The monoisotopic (exact) mass is 317 g/mol. The first kappa shape index (κ1) is 16.4. The van der Waals surface area contributed by atoms with Gasteiger partial charge < -0.3 is 10.4 Å². The molecule has 22 heavy (non-hydrogen) atoms. The molecule has 0 saturated heterocycles. The molecule has 0 fully saturated rings. The average molecular weight is 318 g/mol. The van der Waals surface area contributed by atoms with Gasteiger partial charge in [-0.2, -0.15) is 0 Å². The lowest BCUT2D eigenvalue weighted by Gasteiger charge is -2.13. The van der Waals surface area contributed by atoms with Crippen molar-refractivity contribution in [1.29, 1.82) is 0 Å². The van der Waals surface area contributed by atoms with Gasteiger partial charge in [0.25, 0.3) is 5.91 Å². The van der Waals surface area contributed by atoms with Crippen LogP contribution in [-0.2, 0) is 0 Å². The zero-order valence-electron chi connectivity index (χ0n) is 13.0. The molecule has 0 aliphatic rings. The van der Waals surface area contributed by atoms with Gasteiger partial charge in [0.05, 0.1) is 0 Å². The second kappa shape index (κ2) is 6.84. The average Bonchev–Trinajstić information content (AvgIpc) is 2.50. The van der Waals surface area contributed by atoms with Crippen molar-refractivity contribution in [2.24, 2.45) is 0 Å². The largest absolute Gasteiger partial charge is 0.507 e. The van der Waals surface area contributed by atoms with E-state index in [2.05, 4.69) is 5.32 Å². The Balaban J connectivity index is 2.37. The van der Waals surface area contributed by atoms with E-state index in [0.29, 0.717) is 16.1 Å². The highest BCUT2D eigenvalue weighted by molar-refractivity contribution is 6.31. The first-order valence-corrected chi connectivity index (χ1v) is 7.70. The fourth-order valence-corrected chi connectivity index (χ4v) is 2.30. The summed E-state index contributed by atoms with van der Waals surface area (Å²) in [5, 5.41) is 13.6. The van der Waals surface area contributed by atoms with Crippen LogP contribution in [0.15, 0.2) is 36.4 Å². The maximum atomic E-state index is 12.2. The molecular weight excluding hydrogens is 298 g/mol. The Morgan fingerprint density at radius 2 is 2.05 bits per heavy atom. The minimum Gasteiger partial charge on any atom is -0.507 e. The van der Waals surface area contributed by atoms with Crippen LogP contribution in [0.2, 0.25) is 5.02 Å². The molecule has 4 heteroatoms. The molecule has 1 atom stereocenters. The third-order valence-electron chi connectivity index (χ3n) is 3.70. The number of carbonyl (C=O) groups is 1. The van der Waals surface area contributed by atoms with Crippen molar-refractivity contribution in [2.75, 3.05) is 0 Å². The van der Waals surface area contributed by atoms with Gasteiger partial charge in [0.2, 0.25) is 0 Å². The number of phenols is 1. The number of halogens is 1. The lowest BCUT2D eigenvalue weighted by atomic mass is 10.0. The van der Waals surface area contributed by atoms with Crippen molar-refractivity contribution >= 4 is 17.5 Å². The highest BCUT2D eigenvalue weighted by atomic mass is 35.5. The molecule has 0 heterocycles. The summed E-state index contributed by atoms with van der Waals surface area (Å²) in [6.07, 6.45) is 0.875. The molecule has 2 rings (SSSR count). The fourth-order valence-electron chi connectivity index (χ4n) is 2.13. The molecule has 2 N–H and O–H groups in total. The summed E-state index contributed by atoms with van der Waals surface area (Å²) in [4.78, 5) is 12.2. The van der Waals surface area contributed by atoms with Crippen LogP contribution < -0.4 is 5.32 Å². The van der Waals surface area contributed by atoms with Crippen molar-refractivity contribution in [3.05, 3.63) is 52.5 Å². The zero-order chi connectivity index (χ0) is 16.3. The van der Waals surface area contributed by atoms with Crippen LogP contribution in [0.5, 0.6) is 5.75 Å². The van der Waals surface area contributed by atoms with Crippen LogP contribution in [-0.4, -0.2) is 17.1 Å². The highest BCUT2D eigenvalue weighted by Gasteiger charge is 2.12. The normalized spacial score (nSPS) is 12.0. The van der Waals surface area contributed by atoms with Crippen molar-refractivity contribution < 1.29 is 9.90 Å². The topological polar surface area (TPSA) is 49.3 Å². The van der Waals surface area contributed by atoms with E-state index in [1.807, 2.05) is 26.8 Å². The van der Waals surface area contributed by atoms with Gasteiger partial charge in [-0.1, -0.05) is 30.7 Å². The summed E-state index contributed by atoms with van der Waals surface area (Å²) >= 11 is 6.14. The third-order valence-corrected chi connectivity index (χ3v) is 4.11. The summed E-state index contributed by atoms with van der Waals surface area (Å²) in [6.45, 7) is 5.82. The molecule has 0 aromatic heterocycles. The van der Waals surface area contributed by atoms with Crippen LogP contribution in [0.25, 0.3) is 11.1 Å². The number of amides is 1. The lowest BCUT2D eigenvalue weighted by Crippen LogP contribution is -2.31. The molecule has 3 nitrogen and oxygen atoms in total. The molecule has 0 spiro atoms. The Morgan fingerprint density at radius 3 is 2.73 bits per heavy atom. The molecule has 1 amide bonds. The molecule has 116 valence electrons. The maximum Gasteiger partial charge on any atom is 0.251 e. The number of aromatic hydroxyl groups is 1. The van der Waals surface area contributed by atoms with Crippen LogP contribution in [0.3, 0.4) is 0 Å². The molecule has 2 aromatic carbocycles. The number of hydrogen-bond acceptors (Lipinski definition) is 2. The summed E-state index contributed by atoms with van der Waals surface area (Å²) in [6, 6.07) is 10.6. The van der Waals surface area contributed by atoms with E-state index in [0.717, 1.165) is 17.5 Å². The number of rotatable bonds is 4. The van der Waals surface area contributed by atoms with Crippen LogP contribution in [0.4, 0.5) is 0 Å². The van der Waals surface area contributed by atoms with E-state index in [9.17, 15) is 9.90 Å². The fraction of sp³-hybridized carbons (Fsp3) is 0.278. The highest BCUT2D eigenvalue weighted by Crippen LogP contribution is 2.34. The second-order valence-corrected chi connectivity index (χ2v) is 5.89. The Labute approximate surface area is 135 Å². The Morgan fingerprint density at radius 1 is 1.32 bits per heavy atom. The third kappa shape index (κ3) is 3.60. The van der Waals surface area contributed by atoms with E-state index in [-0.39, 0.29) is 17.7 Å². The van der Waals surface area contributed by atoms with Gasteiger partial charge >= 0.3 is 0 Å². The van der Waals surface area contributed by atoms with E-state index in [4.69, 9.17) is 11.6 Å². The van der Waals surface area contributed by atoms with Crippen LogP contribution in [0, 0.1) is 6.92 Å². The Bertz CT molecular complexity index is 697. The minimum atomic E-state index is -0.117. The Hall–Kier alpha value is -2.00. The summed E-state index contributed by atoms with van der Waals surface area (Å²) in [7, 11) is 0. The predicted octanol–water partition coefficient (Wildman–Crippen LogP) is 4.55. The number of benzene rings is 2. The first-order valence-electron chi connectivity index (χ1n) is 7.32. The van der Waals surface area contributed by atoms with Crippen molar-refractivity contribution in [1.82, 2.24) is 5.32 Å². The zero-order valence-corrected chi connectivity index (χ0v) is 13.7. The van der Waals surface area contributed by atoms with Crippen LogP contribution in [0.1, 0.15) is 36.2 Å². The number of aryl methyl sites for hydroxylation is 1. The quantitative estimate of drug-likeness (QED) is 0.869. The molecular formula is C18H20ClNO2. The predicted molar refractivity (Wildman–Crippen MR) is 90.5 cm³/mol. The first-order chi connectivity index (χ1) is 10.4. The standard InChI is InChI=1S/C18H20ClNO2/c1-4-12(3)20-18(22)14-7-5-6-13(9-14)15-10-16(19)11(2)8-17(15)21/h5-10,12,21H,4H2,1-3H3,(H,20,22). The molecule has 0 bridgehead atoms. The molecule has 0 saturated carbocycles. The van der Waals surface area contributed by atoms with Gasteiger partial charge in [0.15, 0.2) is 0 Å². The second-order valence-electron chi connectivity index (χ2n) is 5.48. The maximum absolute atomic E-state index is 12.2. The van der Waals surface area contributed by atoms with Gasteiger partial charge in [-0.25, -0.2) is 0 Å². The van der Waals surface area contributed by atoms with Gasteiger partial charge in [-0.15, -0.1) is 0 Å². The van der Waals surface area contributed by atoms with E-state index in [1.165, 1.54) is 0 Å². The number of carbonyl (C=O) groups excluding carboxylic acids is 1. The number of nitrogens with one attached hydrogen (secondary N) is 1. The van der Waals surface area contributed by atoms with E-state index in [1.54, 1.807) is 30.3 Å². The molecule has 1 unspecified atom stereocenters. The van der Waals surface area contributed by atoms with Crippen molar-refractivity contribution in [3.63, 3.8) is 0 Å². The lowest BCUT2D eigenvalue weighted by molar-refractivity contribution is 0.0939. The molecule has 0 radical (unpaired) electrons. The SMILES string of the molecule is CCC(C)NC(=O)c1cccc(-c2cc(Cl)c(C)cc2O)c1. The number of hydrogen-bond donors (Lipinski definition) is 2. The Kier molecular flexibility index (Phi) is 5.09. The van der Waals surface area contributed by atoms with E-state index < -0.39 is 0 Å². The van der Waals surface area contributed by atoms with Crippen molar-refractivity contribution in [2.45, 2.75) is 33.2 Å². The van der Waals surface area contributed by atoms with Gasteiger partial charge in [-0.3, -0.25) is 4.79 Å². The van der Waals surface area contributed by atoms with Gasteiger partial charge in [-0.05, 0) is 55.7 Å². The smallest absolute Gasteiger partial charge is 0.251 e. The summed E-state index contributed by atoms with van der Waals surface area (Å²) in [5.74, 6) is 0.0373.